The van der Waals surface area contributed by atoms with Crippen molar-refractivity contribution in [1.29, 1.82) is 0 Å². The largest absolute Gasteiger partial charge is 0.132 e. The van der Waals surface area contributed by atoms with Crippen molar-refractivity contribution in [2.75, 3.05) is 0 Å². The van der Waals surface area contributed by atoms with Crippen molar-refractivity contribution >= 4 is 16.1 Å². The fourth-order valence-corrected chi connectivity index (χ4v) is 1.99. The molecule has 0 aromatic carbocycles. The predicted molar refractivity (Wildman–Crippen MR) is 59.3 cm³/mol. The monoisotopic (exact) mass is 184 g/mol. The second kappa shape index (κ2) is 3.60. The summed E-state index contributed by atoms with van der Waals surface area (Å²) >= 11 is 0. The molecule has 0 unspecified atom stereocenters. The van der Waals surface area contributed by atoms with Crippen molar-refractivity contribution in [2.24, 2.45) is 0 Å². The van der Waals surface area contributed by atoms with Crippen LogP contribution < -0.4 is 0 Å². The molecule has 0 aliphatic rings. The Balaban J connectivity index is 3.94. The van der Waals surface area contributed by atoms with Crippen LogP contribution in [-0.2, 0) is 0 Å². The Morgan fingerprint density at radius 2 is 1.36 bits per heavy atom. The molecular weight excluding hydrogens is 164 g/mol. The zero-order chi connectivity index (χ0) is 9.12. The smallest absolute Gasteiger partial charge is 0.129 e. The maximum atomic E-state index is 3.40. The zero-order valence-electron chi connectivity index (χ0n) is 8.71. The van der Waals surface area contributed by atoms with Gasteiger partial charge in [0.15, 0.2) is 0 Å². The third-order valence-corrected chi connectivity index (χ3v) is 3.25. The minimum atomic E-state index is -1.10. The Kier molecular flexibility index (Phi) is 3.59. The molecule has 0 aliphatic carbocycles. The molecule has 64 valence electrons. The van der Waals surface area contributed by atoms with Crippen LogP contribution in [0.4, 0.5) is 0 Å². The van der Waals surface area contributed by atoms with Gasteiger partial charge in [0, 0.05) is 6.04 Å². The predicted octanol–water partition coefficient (Wildman–Crippen LogP) is 3.21. The minimum Gasteiger partial charge on any atom is -0.132 e. The molecule has 0 spiro atoms. The second-order valence-electron chi connectivity index (χ2n) is 5.29. The van der Waals surface area contributed by atoms with Gasteiger partial charge in [0.1, 0.15) is 8.07 Å². The first kappa shape index (κ1) is 11.0. The Bertz CT molecular complexity index is 170. The Hall–Kier alpha value is -0.00623. The van der Waals surface area contributed by atoms with E-state index in [1.54, 1.807) is 0 Å². The summed E-state index contributed by atoms with van der Waals surface area (Å²) in [6.07, 6.45) is 0. The zero-order valence-corrected chi connectivity index (χ0v) is 10.7. The molecule has 0 aromatic heterocycles. The average molecular weight is 184 g/mol. The van der Waals surface area contributed by atoms with Gasteiger partial charge in [-0.25, -0.2) is 0 Å². The maximum absolute atomic E-state index is 3.40. The van der Waals surface area contributed by atoms with E-state index in [0.717, 1.165) is 6.04 Å². The lowest BCUT2D eigenvalue weighted by molar-refractivity contribution is 1.57. The van der Waals surface area contributed by atoms with Gasteiger partial charge >= 0.3 is 0 Å². The number of rotatable bonds is 1. The van der Waals surface area contributed by atoms with Crippen molar-refractivity contribution in [2.45, 2.75) is 45.3 Å². The Morgan fingerprint density at radius 3 is 1.64 bits per heavy atom. The highest BCUT2D eigenvalue weighted by Gasteiger charge is 2.11. The van der Waals surface area contributed by atoms with E-state index in [9.17, 15) is 0 Å². The third kappa shape index (κ3) is 9.99. The van der Waals surface area contributed by atoms with Crippen molar-refractivity contribution < 1.29 is 0 Å². The molecule has 0 heterocycles. The van der Waals surface area contributed by atoms with Crippen LogP contribution in [0.1, 0.15) is 0 Å². The van der Waals surface area contributed by atoms with Crippen LogP contribution in [0.3, 0.4) is 0 Å². The van der Waals surface area contributed by atoms with Gasteiger partial charge in [-0.2, -0.15) is 0 Å². The van der Waals surface area contributed by atoms with Crippen LogP contribution in [-0.4, -0.2) is 16.1 Å². The molecule has 0 amide bonds. The van der Waals surface area contributed by atoms with E-state index in [4.69, 9.17) is 0 Å². The molecule has 0 rings (SSSR count). The third-order valence-electron chi connectivity index (χ3n) is 1.08. The SMILES string of the molecule is C[Si](C)(C)C#CC[Si](C)(C)C. The summed E-state index contributed by atoms with van der Waals surface area (Å²) in [6.45, 7) is 14.0. The van der Waals surface area contributed by atoms with Gasteiger partial charge in [-0.15, -0.1) is 11.5 Å². The van der Waals surface area contributed by atoms with E-state index in [1.165, 1.54) is 0 Å². The van der Waals surface area contributed by atoms with Crippen LogP contribution in [0.25, 0.3) is 0 Å². The summed E-state index contributed by atoms with van der Waals surface area (Å²) in [5.41, 5.74) is 3.40. The first-order chi connectivity index (χ1) is 4.71. The van der Waals surface area contributed by atoms with Crippen molar-refractivity contribution in [1.82, 2.24) is 0 Å². The van der Waals surface area contributed by atoms with E-state index >= 15 is 0 Å². The maximum Gasteiger partial charge on any atom is 0.129 e. The van der Waals surface area contributed by atoms with Crippen molar-refractivity contribution in [3.05, 3.63) is 0 Å². The summed E-state index contributed by atoms with van der Waals surface area (Å²) in [4.78, 5) is 0. The van der Waals surface area contributed by atoms with Crippen molar-refractivity contribution in [3.63, 3.8) is 0 Å². The molecule has 2 heteroatoms. The van der Waals surface area contributed by atoms with Crippen LogP contribution in [0.5, 0.6) is 0 Å². The molecule has 11 heavy (non-hydrogen) atoms. The molecule has 0 aliphatic heterocycles. The summed E-state index contributed by atoms with van der Waals surface area (Å²) in [5, 5.41) is 0. The highest BCUT2D eigenvalue weighted by Crippen LogP contribution is 2.06. The molecule has 0 aromatic rings. The number of hydrogen-bond acceptors (Lipinski definition) is 0. The highest BCUT2D eigenvalue weighted by molar-refractivity contribution is 6.84. The van der Waals surface area contributed by atoms with E-state index in [2.05, 4.69) is 50.7 Å². The van der Waals surface area contributed by atoms with Gasteiger partial charge < -0.3 is 0 Å². The lowest BCUT2D eigenvalue weighted by Gasteiger charge is -2.11. The normalized spacial score (nSPS) is 12.2. The Labute approximate surface area is 73.4 Å². The fraction of sp³-hybridized carbons (Fsp3) is 0.778. The molecule has 0 saturated heterocycles. The molecule has 0 fully saturated rings. The van der Waals surface area contributed by atoms with Crippen LogP contribution in [0.15, 0.2) is 0 Å². The van der Waals surface area contributed by atoms with Gasteiger partial charge in [-0.3, -0.25) is 0 Å². The quantitative estimate of drug-likeness (QED) is 0.434. The second-order valence-corrected chi connectivity index (χ2v) is 15.5. The van der Waals surface area contributed by atoms with Gasteiger partial charge in [0.25, 0.3) is 0 Å². The topological polar surface area (TPSA) is 0 Å². The lowest BCUT2D eigenvalue weighted by atomic mass is 10.8. The average Bonchev–Trinajstić information content (AvgIpc) is 1.55. The fourth-order valence-electron chi connectivity index (χ4n) is 0.575. The van der Waals surface area contributed by atoms with Gasteiger partial charge in [-0.05, 0) is 0 Å². The number of hydrogen-bond donors (Lipinski definition) is 0. The molecule has 0 saturated carbocycles. The first-order valence-corrected chi connectivity index (χ1v) is 11.4. The van der Waals surface area contributed by atoms with E-state index < -0.39 is 16.1 Å². The van der Waals surface area contributed by atoms with Gasteiger partial charge in [-0.1, -0.05) is 39.3 Å². The lowest BCUT2D eigenvalue weighted by Crippen LogP contribution is -2.20. The van der Waals surface area contributed by atoms with Crippen LogP contribution in [0, 0.1) is 11.5 Å². The van der Waals surface area contributed by atoms with Gasteiger partial charge in [0.2, 0.25) is 0 Å². The Morgan fingerprint density at radius 1 is 0.909 bits per heavy atom. The van der Waals surface area contributed by atoms with E-state index in [1.807, 2.05) is 0 Å². The van der Waals surface area contributed by atoms with Gasteiger partial charge in [0.05, 0.1) is 8.07 Å². The summed E-state index contributed by atoms with van der Waals surface area (Å²) in [7, 11) is -2.00. The molecule has 0 N–H and O–H groups in total. The molecular formula is C9H20Si2. The highest BCUT2D eigenvalue weighted by atomic mass is 28.3. The summed E-state index contributed by atoms with van der Waals surface area (Å²) in [6, 6.07) is 1.16. The minimum absolute atomic E-state index is 0.908. The summed E-state index contributed by atoms with van der Waals surface area (Å²) in [5.74, 6) is 3.34. The first-order valence-electron chi connectivity index (χ1n) is 4.21. The van der Waals surface area contributed by atoms with Crippen LogP contribution >= 0.6 is 0 Å². The van der Waals surface area contributed by atoms with Crippen LogP contribution in [0.2, 0.25) is 45.3 Å². The molecule has 0 nitrogen and oxygen atoms in total. The molecule has 0 radical (unpaired) electrons. The molecule has 0 bridgehead atoms. The van der Waals surface area contributed by atoms with Crippen molar-refractivity contribution in [3.8, 4) is 11.5 Å². The standard InChI is InChI=1S/C9H20Si2/c1-10(2,3)8-7-9-11(4,5)6/h8H2,1-6H3. The summed E-state index contributed by atoms with van der Waals surface area (Å²) < 4.78 is 0. The van der Waals surface area contributed by atoms with E-state index in [-0.39, 0.29) is 0 Å². The van der Waals surface area contributed by atoms with E-state index in [0.29, 0.717) is 0 Å². The molecule has 0 atom stereocenters.